The zero-order chi connectivity index (χ0) is 13.7. The van der Waals surface area contributed by atoms with Crippen LogP contribution in [-0.2, 0) is 11.2 Å². The number of aryl methyl sites for hydroxylation is 1. The van der Waals surface area contributed by atoms with Gasteiger partial charge in [-0.3, -0.25) is 4.79 Å². The summed E-state index contributed by atoms with van der Waals surface area (Å²) in [7, 11) is 0. The van der Waals surface area contributed by atoms with Gasteiger partial charge in [-0.1, -0.05) is 25.1 Å². The van der Waals surface area contributed by atoms with Crippen LogP contribution < -0.4 is 10.2 Å². The Hall–Kier alpha value is -1.35. The number of rotatable bonds is 5. The molecule has 0 radical (unpaired) electrons. The third-order valence-electron chi connectivity index (χ3n) is 3.62. The van der Waals surface area contributed by atoms with Crippen molar-refractivity contribution in [3.8, 4) is 0 Å². The van der Waals surface area contributed by atoms with Crippen molar-refractivity contribution >= 4 is 11.6 Å². The maximum atomic E-state index is 12.3. The van der Waals surface area contributed by atoms with Gasteiger partial charge in [-0.05, 0) is 44.4 Å². The molecule has 1 amide bonds. The molecule has 0 saturated heterocycles. The number of anilines is 1. The SMILES string of the molecule is CCCNC(C)CN1C(=O)CCCc2ccccc21. The summed E-state index contributed by atoms with van der Waals surface area (Å²) in [6.45, 7) is 6.07. The third kappa shape index (κ3) is 3.57. The van der Waals surface area contributed by atoms with E-state index in [0.717, 1.165) is 38.0 Å². The van der Waals surface area contributed by atoms with E-state index in [-0.39, 0.29) is 5.91 Å². The summed E-state index contributed by atoms with van der Waals surface area (Å²) in [6.07, 6.45) is 3.75. The topological polar surface area (TPSA) is 32.3 Å². The van der Waals surface area contributed by atoms with E-state index in [1.54, 1.807) is 0 Å². The number of nitrogens with zero attached hydrogens (tertiary/aromatic N) is 1. The Morgan fingerprint density at radius 1 is 1.32 bits per heavy atom. The number of hydrogen-bond acceptors (Lipinski definition) is 2. The highest BCUT2D eigenvalue weighted by Crippen LogP contribution is 2.26. The summed E-state index contributed by atoms with van der Waals surface area (Å²) in [5.74, 6) is 0.259. The van der Waals surface area contributed by atoms with Crippen LogP contribution in [-0.4, -0.2) is 25.0 Å². The maximum Gasteiger partial charge on any atom is 0.227 e. The van der Waals surface area contributed by atoms with Gasteiger partial charge in [-0.15, -0.1) is 0 Å². The van der Waals surface area contributed by atoms with Gasteiger partial charge in [0.05, 0.1) is 0 Å². The number of benzene rings is 1. The molecule has 0 aromatic heterocycles. The molecule has 1 aromatic carbocycles. The van der Waals surface area contributed by atoms with Crippen molar-refractivity contribution in [3.05, 3.63) is 29.8 Å². The van der Waals surface area contributed by atoms with Crippen molar-refractivity contribution in [2.45, 2.75) is 45.6 Å². The second-order valence-electron chi connectivity index (χ2n) is 5.34. The van der Waals surface area contributed by atoms with Gasteiger partial charge in [0.1, 0.15) is 0 Å². The molecule has 1 heterocycles. The van der Waals surface area contributed by atoms with Crippen LogP contribution in [0.4, 0.5) is 5.69 Å². The Kier molecular flexibility index (Phi) is 4.97. The zero-order valence-corrected chi connectivity index (χ0v) is 12.0. The van der Waals surface area contributed by atoms with E-state index in [2.05, 4.69) is 37.4 Å². The molecule has 0 bridgehead atoms. The van der Waals surface area contributed by atoms with E-state index in [1.807, 2.05) is 11.0 Å². The molecule has 1 aliphatic rings. The number of carbonyl (C=O) groups excluding carboxylic acids is 1. The van der Waals surface area contributed by atoms with Crippen LogP contribution in [0.1, 0.15) is 38.7 Å². The summed E-state index contributed by atoms with van der Waals surface area (Å²) in [6, 6.07) is 8.63. The van der Waals surface area contributed by atoms with Crippen molar-refractivity contribution in [3.63, 3.8) is 0 Å². The highest BCUT2D eigenvalue weighted by Gasteiger charge is 2.22. The summed E-state index contributed by atoms with van der Waals surface area (Å²) < 4.78 is 0. The fraction of sp³-hybridized carbons (Fsp3) is 0.562. The number of nitrogens with one attached hydrogen (secondary N) is 1. The van der Waals surface area contributed by atoms with Crippen LogP contribution in [0.5, 0.6) is 0 Å². The standard InChI is InChI=1S/C16H24N2O/c1-3-11-17-13(2)12-18-15-9-5-4-7-14(15)8-6-10-16(18)19/h4-5,7,9,13,17H,3,6,8,10-12H2,1-2H3. The second-order valence-corrected chi connectivity index (χ2v) is 5.34. The molecule has 0 fully saturated rings. The Bertz CT molecular complexity index is 431. The van der Waals surface area contributed by atoms with Gasteiger partial charge < -0.3 is 10.2 Å². The average molecular weight is 260 g/mol. The van der Waals surface area contributed by atoms with Crippen molar-refractivity contribution in [1.82, 2.24) is 5.32 Å². The van der Waals surface area contributed by atoms with Crippen LogP contribution >= 0.6 is 0 Å². The van der Waals surface area contributed by atoms with E-state index in [4.69, 9.17) is 0 Å². The molecule has 0 spiro atoms. The van der Waals surface area contributed by atoms with Gasteiger partial charge in [0.15, 0.2) is 0 Å². The van der Waals surface area contributed by atoms with Crippen LogP contribution in [0.2, 0.25) is 0 Å². The van der Waals surface area contributed by atoms with E-state index < -0.39 is 0 Å². The first-order valence-electron chi connectivity index (χ1n) is 7.34. The van der Waals surface area contributed by atoms with Crippen molar-refractivity contribution in [2.24, 2.45) is 0 Å². The zero-order valence-electron chi connectivity index (χ0n) is 12.0. The molecular formula is C16H24N2O. The molecule has 0 saturated carbocycles. The Labute approximate surface area is 116 Å². The van der Waals surface area contributed by atoms with Gasteiger partial charge in [0.25, 0.3) is 0 Å². The van der Waals surface area contributed by atoms with Gasteiger partial charge >= 0.3 is 0 Å². The van der Waals surface area contributed by atoms with Crippen molar-refractivity contribution in [2.75, 3.05) is 18.0 Å². The van der Waals surface area contributed by atoms with Crippen LogP contribution in [0.15, 0.2) is 24.3 Å². The first-order chi connectivity index (χ1) is 9.22. The number of amides is 1. The molecule has 1 atom stereocenters. The highest BCUT2D eigenvalue weighted by atomic mass is 16.2. The fourth-order valence-corrected chi connectivity index (χ4v) is 2.61. The summed E-state index contributed by atoms with van der Waals surface area (Å²) in [4.78, 5) is 14.3. The molecule has 0 aliphatic carbocycles. The first-order valence-corrected chi connectivity index (χ1v) is 7.34. The Morgan fingerprint density at radius 3 is 2.89 bits per heavy atom. The van der Waals surface area contributed by atoms with Gasteiger partial charge in [0, 0.05) is 24.7 Å². The lowest BCUT2D eigenvalue weighted by molar-refractivity contribution is -0.118. The minimum atomic E-state index is 0.259. The second kappa shape index (κ2) is 6.71. The van der Waals surface area contributed by atoms with Crippen molar-refractivity contribution < 1.29 is 4.79 Å². The number of para-hydroxylation sites is 1. The predicted molar refractivity (Wildman–Crippen MR) is 79.5 cm³/mol. The highest BCUT2D eigenvalue weighted by molar-refractivity contribution is 5.94. The van der Waals surface area contributed by atoms with E-state index in [0.29, 0.717) is 12.5 Å². The van der Waals surface area contributed by atoms with Crippen LogP contribution in [0, 0.1) is 0 Å². The first kappa shape index (κ1) is 14.1. The third-order valence-corrected chi connectivity index (χ3v) is 3.62. The van der Waals surface area contributed by atoms with Gasteiger partial charge in [-0.2, -0.15) is 0 Å². The molecular weight excluding hydrogens is 236 g/mol. The molecule has 19 heavy (non-hydrogen) atoms. The number of hydrogen-bond donors (Lipinski definition) is 1. The molecule has 1 unspecified atom stereocenters. The minimum absolute atomic E-state index is 0.259. The lowest BCUT2D eigenvalue weighted by Crippen LogP contribution is -2.42. The largest absolute Gasteiger partial charge is 0.312 e. The number of fused-ring (bicyclic) bond motifs is 1. The van der Waals surface area contributed by atoms with Gasteiger partial charge in [-0.25, -0.2) is 0 Å². The molecule has 1 aliphatic heterocycles. The molecule has 2 rings (SSSR count). The lowest BCUT2D eigenvalue weighted by Gasteiger charge is -2.26. The van der Waals surface area contributed by atoms with E-state index >= 15 is 0 Å². The fourth-order valence-electron chi connectivity index (χ4n) is 2.61. The Morgan fingerprint density at radius 2 is 2.11 bits per heavy atom. The summed E-state index contributed by atoms with van der Waals surface area (Å²) in [5.41, 5.74) is 2.41. The number of carbonyl (C=O) groups is 1. The smallest absolute Gasteiger partial charge is 0.227 e. The summed E-state index contributed by atoms with van der Waals surface area (Å²) in [5, 5.41) is 3.46. The average Bonchev–Trinajstić information content (AvgIpc) is 2.57. The maximum absolute atomic E-state index is 12.3. The molecule has 3 nitrogen and oxygen atoms in total. The molecule has 1 N–H and O–H groups in total. The van der Waals surface area contributed by atoms with Gasteiger partial charge in [0.2, 0.25) is 5.91 Å². The van der Waals surface area contributed by atoms with E-state index in [9.17, 15) is 4.79 Å². The minimum Gasteiger partial charge on any atom is -0.312 e. The van der Waals surface area contributed by atoms with Crippen LogP contribution in [0.3, 0.4) is 0 Å². The Balaban J connectivity index is 2.14. The molecule has 104 valence electrons. The quantitative estimate of drug-likeness (QED) is 0.883. The van der Waals surface area contributed by atoms with Crippen LogP contribution in [0.25, 0.3) is 0 Å². The normalized spacial score (nSPS) is 16.9. The molecule has 1 aromatic rings. The molecule has 3 heteroatoms. The van der Waals surface area contributed by atoms with Crippen molar-refractivity contribution in [1.29, 1.82) is 0 Å². The lowest BCUT2D eigenvalue weighted by atomic mass is 10.1. The monoisotopic (exact) mass is 260 g/mol. The predicted octanol–water partition coefficient (Wildman–Crippen LogP) is 2.74. The van der Waals surface area contributed by atoms with E-state index in [1.165, 1.54) is 5.56 Å². The summed E-state index contributed by atoms with van der Waals surface area (Å²) >= 11 is 0.